The van der Waals surface area contributed by atoms with E-state index in [2.05, 4.69) is 51.9 Å². The second-order valence-electron chi connectivity index (χ2n) is 9.23. The molecule has 0 fully saturated rings. The molecule has 0 atom stereocenters. The normalized spacial score (nSPS) is 11.4. The third-order valence-corrected chi connectivity index (χ3v) is 7.01. The van der Waals surface area contributed by atoms with Gasteiger partial charge in [-0.05, 0) is 56.8 Å². The van der Waals surface area contributed by atoms with Crippen molar-refractivity contribution in [3.63, 3.8) is 0 Å². The Morgan fingerprint density at radius 2 is 1.11 bits per heavy atom. The molecule has 5 heteroatoms. The zero-order valence-corrected chi connectivity index (χ0v) is 20.9. The van der Waals surface area contributed by atoms with Gasteiger partial charge in [-0.3, -0.25) is 0 Å². The standard InChI is InChI=1S/C33H25FN4/c1-24-21-22-25(23-31(24)34)29-19-11-12-20-30(29)32-35-36-37-38(32)33(26-13-5-2-6-14-26,27-15-7-3-8-16-27)28-17-9-4-10-18-28/h2-23H,1H3. The smallest absolute Gasteiger partial charge is 0.184 e. The largest absolute Gasteiger partial charge is 0.207 e. The van der Waals surface area contributed by atoms with Gasteiger partial charge in [0.2, 0.25) is 0 Å². The predicted octanol–water partition coefficient (Wildman–Crippen LogP) is 7.29. The summed E-state index contributed by atoms with van der Waals surface area (Å²) in [6.07, 6.45) is 0. The SMILES string of the molecule is Cc1ccc(-c2ccccc2-c2nnnn2C(c2ccccc2)(c2ccccc2)c2ccccc2)cc1F. The topological polar surface area (TPSA) is 43.6 Å². The lowest BCUT2D eigenvalue weighted by Crippen LogP contribution is -2.39. The summed E-state index contributed by atoms with van der Waals surface area (Å²) in [6, 6.07) is 44.0. The lowest BCUT2D eigenvalue weighted by molar-refractivity contribution is 0.451. The summed E-state index contributed by atoms with van der Waals surface area (Å²) in [6.45, 7) is 1.76. The molecule has 0 saturated carbocycles. The first-order chi connectivity index (χ1) is 18.7. The van der Waals surface area contributed by atoms with E-state index in [1.807, 2.05) is 89.6 Å². The number of aromatic nitrogens is 4. The van der Waals surface area contributed by atoms with Gasteiger partial charge in [-0.2, -0.15) is 0 Å². The third kappa shape index (κ3) is 3.89. The van der Waals surface area contributed by atoms with Crippen LogP contribution in [0.5, 0.6) is 0 Å². The molecule has 38 heavy (non-hydrogen) atoms. The second kappa shape index (κ2) is 9.87. The van der Waals surface area contributed by atoms with Gasteiger partial charge in [0, 0.05) is 5.56 Å². The molecule has 0 aliphatic heterocycles. The minimum absolute atomic E-state index is 0.246. The van der Waals surface area contributed by atoms with Crippen molar-refractivity contribution in [2.45, 2.75) is 12.5 Å². The highest BCUT2D eigenvalue weighted by Crippen LogP contribution is 2.43. The maximum Gasteiger partial charge on any atom is 0.184 e. The summed E-state index contributed by atoms with van der Waals surface area (Å²) in [7, 11) is 0. The zero-order valence-electron chi connectivity index (χ0n) is 20.9. The number of rotatable bonds is 6. The average Bonchev–Trinajstić information content (AvgIpc) is 3.47. The summed E-state index contributed by atoms with van der Waals surface area (Å²) in [5.74, 6) is 0.335. The Balaban J connectivity index is 1.68. The highest BCUT2D eigenvalue weighted by molar-refractivity contribution is 5.81. The fourth-order valence-electron chi connectivity index (χ4n) is 5.18. The third-order valence-electron chi connectivity index (χ3n) is 7.01. The number of hydrogen-bond donors (Lipinski definition) is 0. The van der Waals surface area contributed by atoms with Gasteiger partial charge in [0.1, 0.15) is 11.4 Å². The summed E-state index contributed by atoms with van der Waals surface area (Å²) in [5, 5.41) is 13.4. The first kappa shape index (κ1) is 23.5. The molecule has 1 aromatic heterocycles. The van der Waals surface area contributed by atoms with Gasteiger partial charge in [0.25, 0.3) is 0 Å². The molecule has 6 rings (SSSR count). The molecular formula is C33H25FN4. The van der Waals surface area contributed by atoms with Crippen LogP contribution < -0.4 is 0 Å². The van der Waals surface area contributed by atoms with Crippen molar-refractivity contribution < 1.29 is 4.39 Å². The van der Waals surface area contributed by atoms with Gasteiger partial charge < -0.3 is 0 Å². The maximum atomic E-state index is 14.6. The number of aryl methyl sites for hydroxylation is 1. The molecule has 0 saturated heterocycles. The Labute approximate surface area is 221 Å². The van der Waals surface area contributed by atoms with Crippen molar-refractivity contribution in [1.29, 1.82) is 0 Å². The van der Waals surface area contributed by atoms with Crippen molar-refractivity contribution in [3.05, 3.63) is 162 Å². The molecule has 184 valence electrons. The van der Waals surface area contributed by atoms with Crippen molar-refractivity contribution in [1.82, 2.24) is 20.2 Å². The van der Waals surface area contributed by atoms with Crippen LogP contribution in [0, 0.1) is 12.7 Å². The van der Waals surface area contributed by atoms with Gasteiger partial charge in [-0.1, -0.05) is 127 Å². The van der Waals surface area contributed by atoms with Crippen LogP contribution >= 0.6 is 0 Å². The van der Waals surface area contributed by atoms with Gasteiger partial charge >= 0.3 is 0 Å². The summed E-state index contributed by atoms with van der Waals surface area (Å²) in [5.41, 5.74) is 5.22. The van der Waals surface area contributed by atoms with E-state index < -0.39 is 5.54 Å². The van der Waals surface area contributed by atoms with E-state index in [4.69, 9.17) is 0 Å². The summed E-state index contributed by atoms with van der Waals surface area (Å²) in [4.78, 5) is 0. The van der Waals surface area contributed by atoms with Gasteiger partial charge in [-0.15, -0.1) is 5.10 Å². The molecule has 0 bridgehead atoms. The quantitative estimate of drug-likeness (QED) is 0.227. The van der Waals surface area contributed by atoms with Crippen LogP contribution in [0.1, 0.15) is 22.3 Å². The lowest BCUT2D eigenvalue weighted by atomic mass is 9.77. The molecule has 0 aliphatic carbocycles. The molecule has 0 spiro atoms. The van der Waals surface area contributed by atoms with E-state index in [9.17, 15) is 4.39 Å². The molecule has 0 amide bonds. The highest BCUT2D eigenvalue weighted by atomic mass is 19.1. The maximum absolute atomic E-state index is 14.6. The Bertz CT molecular complexity index is 1580. The van der Waals surface area contributed by atoms with E-state index in [1.54, 1.807) is 19.1 Å². The van der Waals surface area contributed by atoms with E-state index in [1.165, 1.54) is 0 Å². The van der Waals surface area contributed by atoms with Gasteiger partial charge in [0.05, 0.1) is 0 Å². The van der Waals surface area contributed by atoms with Crippen LogP contribution in [-0.4, -0.2) is 20.2 Å². The lowest BCUT2D eigenvalue weighted by Gasteiger charge is -2.36. The molecular weight excluding hydrogens is 471 g/mol. The van der Waals surface area contributed by atoms with Crippen molar-refractivity contribution in [2.24, 2.45) is 0 Å². The molecule has 5 aromatic carbocycles. The summed E-state index contributed by atoms with van der Waals surface area (Å²) < 4.78 is 16.5. The van der Waals surface area contributed by atoms with Crippen LogP contribution in [0.15, 0.2) is 133 Å². The van der Waals surface area contributed by atoms with Crippen molar-refractivity contribution in [2.75, 3.05) is 0 Å². The molecule has 1 heterocycles. The number of benzene rings is 5. The number of hydrogen-bond acceptors (Lipinski definition) is 3. The minimum Gasteiger partial charge on any atom is -0.207 e. The number of nitrogens with zero attached hydrogens (tertiary/aromatic N) is 4. The molecule has 0 N–H and O–H groups in total. The first-order valence-electron chi connectivity index (χ1n) is 12.5. The van der Waals surface area contributed by atoms with Crippen LogP contribution in [0.2, 0.25) is 0 Å². The van der Waals surface area contributed by atoms with Crippen molar-refractivity contribution in [3.8, 4) is 22.5 Å². The molecule has 0 unspecified atom stereocenters. The van der Waals surface area contributed by atoms with Gasteiger partial charge in [0.15, 0.2) is 5.82 Å². The van der Waals surface area contributed by atoms with Crippen LogP contribution in [0.3, 0.4) is 0 Å². The molecule has 6 aromatic rings. The Morgan fingerprint density at radius 1 is 0.605 bits per heavy atom. The number of halogens is 1. The molecule has 0 aliphatic rings. The molecule has 0 radical (unpaired) electrons. The first-order valence-corrected chi connectivity index (χ1v) is 12.5. The van der Waals surface area contributed by atoms with Gasteiger partial charge in [-0.25, -0.2) is 9.07 Å². The van der Waals surface area contributed by atoms with E-state index in [-0.39, 0.29) is 5.82 Å². The Morgan fingerprint density at radius 3 is 1.63 bits per heavy atom. The fraction of sp³-hybridized carbons (Fsp3) is 0.0606. The van der Waals surface area contributed by atoms with Crippen LogP contribution in [0.25, 0.3) is 22.5 Å². The monoisotopic (exact) mass is 496 g/mol. The highest BCUT2D eigenvalue weighted by Gasteiger charge is 2.42. The number of tetrazole rings is 1. The Hall–Kier alpha value is -4.90. The van der Waals surface area contributed by atoms with Crippen LogP contribution in [0.4, 0.5) is 4.39 Å². The van der Waals surface area contributed by atoms with E-state index >= 15 is 0 Å². The van der Waals surface area contributed by atoms with E-state index in [0.29, 0.717) is 11.4 Å². The average molecular weight is 497 g/mol. The van der Waals surface area contributed by atoms with E-state index in [0.717, 1.165) is 33.4 Å². The fourth-order valence-corrected chi connectivity index (χ4v) is 5.18. The Kier molecular flexibility index (Phi) is 6.10. The predicted molar refractivity (Wildman–Crippen MR) is 148 cm³/mol. The zero-order chi connectivity index (χ0) is 26.0. The summed E-state index contributed by atoms with van der Waals surface area (Å²) >= 11 is 0. The van der Waals surface area contributed by atoms with Crippen LogP contribution in [-0.2, 0) is 5.54 Å². The van der Waals surface area contributed by atoms with Crippen molar-refractivity contribution >= 4 is 0 Å². The molecule has 4 nitrogen and oxygen atoms in total. The second-order valence-corrected chi connectivity index (χ2v) is 9.23. The minimum atomic E-state index is -0.867.